The van der Waals surface area contributed by atoms with Crippen molar-refractivity contribution in [3.8, 4) is 10.6 Å². The number of nitrogens with zero attached hydrogens (tertiary/aromatic N) is 3. The molecule has 3 heterocycles. The predicted octanol–water partition coefficient (Wildman–Crippen LogP) is 5.78. The number of rotatable bonds is 4. The highest BCUT2D eigenvalue weighted by molar-refractivity contribution is 7.22. The zero-order valence-corrected chi connectivity index (χ0v) is 17.4. The van der Waals surface area contributed by atoms with Crippen LogP contribution in [0.4, 0.5) is 24.3 Å². The number of halogens is 4. The molecule has 4 aromatic rings. The highest BCUT2D eigenvalue weighted by atomic mass is 35.5. The summed E-state index contributed by atoms with van der Waals surface area (Å²) in [6.07, 6.45) is -2.92. The molecule has 30 heavy (non-hydrogen) atoms. The van der Waals surface area contributed by atoms with Crippen molar-refractivity contribution in [3.63, 3.8) is 0 Å². The first-order chi connectivity index (χ1) is 14.2. The van der Waals surface area contributed by atoms with Gasteiger partial charge in [-0.05, 0) is 30.3 Å². The van der Waals surface area contributed by atoms with Crippen LogP contribution in [-0.4, -0.2) is 27.9 Å². The summed E-state index contributed by atoms with van der Waals surface area (Å²) in [5, 5.41) is 5.49. The number of thiazole rings is 1. The van der Waals surface area contributed by atoms with E-state index in [9.17, 15) is 18.0 Å². The average molecular weight is 470 g/mol. The summed E-state index contributed by atoms with van der Waals surface area (Å²) in [6.45, 7) is 0. The fourth-order valence-corrected chi connectivity index (χ4v) is 4.69. The lowest BCUT2D eigenvalue weighted by molar-refractivity contribution is -0.137. The molecule has 154 valence electrons. The highest BCUT2D eigenvalue weighted by Gasteiger charge is 2.32. The van der Waals surface area contributed by atoms with E-state index in [4.69, 9.17) is 11.6 Å². The minimum Gasteiger partial charge on any atom is -0.357 e. The molecule has 0 aliphatic heterocycles. The maximum atomic E-state index is 13.0. The monoisotopic (exact) mass is 469 g/mol. The Kier molecular flexibility index (Phi) is 5.35. The molecular formula is C18H11ClF3N5OS2. The third kappa shape index (κ3) is 4.09. The van der Waals surface area contributed by atoms with E-state index < -0.39 is 17.6 Å². The van der Waals surface area contributed by atoms with Crippen molar-refractivity contribution in [3.05, 3.63) is 52.0 Å². The Balaban J connectivity index is 1.57. The fourth-order valence-electron chi connectivity index (χ4n) is 2.58. The van der Waals surface area contributed by atoms with E-state index in [-0.39, 0.29) is 20.4 Å². The van der Waals surface area contributed by atoms with Crippen LogP contribution < -0.4 is 10.6 Å². The first-order valence-electron chi connectivity index (χ1n) is 8.34. The molecule has 1 amide bonds. The molecule has 3 aromatic heterocycles. The summed E-state index contributed by atoms with van der Waals surface area (Å²) in [7, 11) is 1.70. The van der Waals surface area contributed by atoms with Gasteiger partial charge >= 0.3 is 6.18 Å². The Morgan fingerprint density at radius 1 is 1.13 bits per heavy atom. The van der Waals surface area contributed by atoms with Crippen LogP contribution in [0, 0.1) is 0 Å². The minimum atomic E-state index is -4.52. The Hall–Kier alpha value is -2.76. The van der Waals surface area contributed by atoms with Gasteiger partial charge in [-0.25, -0.2) is 15.0 Å². The first-order valence-corrected chi connectivity index (χ1v) is 10.4. The molecule has 0 bridgehead atoms. The molecule has 4 rings (SSSR count). The summed E-state index contributed by atoms with van der Waals surface area (Å²) in [5.74, 6) is 0.0249. The van der Waals surface area contributed by atoms with E-state index >= 15 is 0 Å². The predicted molar refractivity (Wildman–Crippen MR) is 112 cm³/mol. The number of carbonyl (C=O) groups excluding carboxylic acids is 1. The van der Waals surface area contributed by atoms with Gasteiger partial charge in [0.2, 0.25) is 5.95 Å². The number of hydrogen-bond acceptors (Lipinski definition) is 7. The number of amides is 1. The quantitative estimate of drug-likeness (QED) is 0.396. The Morgan fingerprint density at radius 3 is 2.67 bits per heavy atom. The van der Waals surface area contributed by atoms with E-state index in [0.717, 1.165) is 28.3 Å². The second-order valence-electron chi connectivity index (χ2n) is 5.96. The van der Waals surface area contributed by atoms with Crippen LogP contribution in [0.1, 0.15) is 15.2 Å². The number of carbonyl (C=O) groups is 1. The Labute approximate surface area is 180 Å². The molecule has 0 aliphatic carbocycles. The molecule has 12 heteroatoms. The SMILES string of the molecule is CNc1nccc(-c2ccc(C(=O)Nc3nc4c(Cl)cc(C(F)(F)F)cc4s3)s2)n1. The van der Waals surface area contributed by atoms with Gasteiger partial charge in [0, 0.05) is 13.2 Å². The first kappa shape index (κ1) is 20.5. The molecule has 0 atom stereocenters. The van der Waals surface area contributed by atoms with Crippen molar-refractivity contribution in [2.45, 2.75) is 6.18 Å². The third-order valence-electron chi connectivity index (χ3n) is 3.96. The maximum absolute atomic E-state index is 13.0. The molecule has 0 aliphatic rings. The van der Waals surface area contributed by atoms with Gasteiger partial charge in [0.1, 0.15) is 5.52 Å². The van der Waals surface area contributed by atoms with Gasteiger partial charge in [-0.15, -0.1) is 11.3 Å². The van der Waals surface area contributed by atoms with Crippen LogP contribution in [0.25, 0.3) is 20.8 Å². The lowest BCUT2D eigenvalue weighted by atomic mass is 10.2. The second kappa shape index (κ2) is 7.82. The molecule has 0 unspecified atom stereocenters. The fraction of sp³-hybridized carbons (Fsp3) is 0.111. The van der Waals surface area contributed by atoms with Gasteiger partial charge in [0.25, 0.3) is 5.91 Å². The molecule has 6 nitrogen and oxygen atoms in total. The van der Waals surface area contributed by atoms with Crippen molar-refractivity contribution in [2.24, 2.45) is 0 Å². The number of nitrogens with one attached hydrogen (secondary N) is 2. The van der Waals surface area contributed by atoms with E-state index in [1.807, 2.05) is 0 Å². The smallest absolute Gasteiger partial charge is 0.357 e. The van der Waals surface area contributed by atoms with Crippen LogP contribution in [0.15, 0.2) is 36.5 Å². The molecule has 2 N–H and O–H groups in total. The van der Waals surface area contributed by atoms with Gasteiger partial charge in [-0.1, -0.05) is 22.9 Å². The third-order valence-corrected chi connectivity index (χ3v) is 6.27. The van der Waals surface area contributed by atoms with Gasteiger partial charge < -0.3 is 5.32 Å². The Bertz CT molecular complexity index is 1250. The molecule has 0 saturated heterocycles. The van der Waals surface area contributed by atoms with Gasteiger partial charge in [0.05, 0.1) is 30.7 Å². The molecular weight excluding hydrogens is 459 g/mol. The van der Waals surface area contributed by atoms with Gasteiger partial charge in [-0.2, -0.15) is 13.2 Å². The van der Waals surface area contributed by atoms with Gasteiger partial charge in [-0.3, -0.25) is 10.1 Å². The maximum Gasteiger partial charge on any atom is 0.416 e. The van der Waals surface area contributed by atoms with Crippen molar-refractivity contribution >= 4 is 61.5 Å². The largest absolute Gasteiger partial charge is 0.416 e. The standard InChI is InChI=1S/C18H11ClF3N5OS2/c1-23-16-24-5-4-10(25-16)11-2-3-12(29-11)15(28)27-17-26-14-9(19)6-8(18(20,21)22)7-13(14)30-17/h2-7H,1H3,(H,23,24,25)(H,26,27,28). The number of thiophene rings is 1. The summed E-state index contributed by atoms with van der Waals surface area (Å²) in [6, 6.07) is 6.90. The van der Waals surface area contributed by atoms with E-state index in [2.05, 4.69) is 25.6 Å². The highest BCUT2D eigenvalue weighted by Crippen LogP contribution is 2.38. The van der Waals surface area contributed by atoms with Crippen LogP contribution in [0.2, 0.25) is 5.02 Å². The minimum absolute atomic E-state index is 0.126. The van der Waals surface area contributed by atoms with E-state index in [0.29, 0.717) is 16.5 Å². The van der Waals surface area contributed by atoms with Crippen molar-refractivity contribution in [1.29, 1.82) is 0 Å². The van der Waals surface area contributed by atoms with Crippen molar-refractivity contribution in [1.82, 2.24) is 15.0 Å². The molecule has 0 spiro atoms. The zero-order valence-electron chi connectivity index (χ0n) is 15.0. The normalized spacial score (nSPS) is 11.6. The number of alkyl halides is 3. The lowest BCUT2D eigenvalue weighted by Gasteiger charge is -2.06. The summed E-state index contributed by atoms with van der Waals surface area (Å²) in [4.78, 5) is 26.3. The summed E-state index contributed by atoms with van der Waals surface area (Å²) < 4.78 is 39.1. The number of aromatic nitrogens is 3. The van der Waals surface area contributed by atoms with Crippen molar-refractivity contribution < 1.29 is 18.0 Å². The zero-order chi connectivity index (χ0) is 21.5. The number of benzene rings is 1. The second-order valence-corrected chi connectivity index (χ2v) is 8.48. The number of hydrogen-bond donors (Lipinski definition) is 2. The lowest BCUT2D eigenvalue weighted by Crippen LogP contribution is -2.09. The number of anilines is 2. The van der Waals surface area contributed by atoms with E-state index in [1.165, 1.54) is 11.3 Å². The number of fused-ring (bicyclic) bond motifs is 1. The summed E-state index contributed by atoms with van der Waals surface area (Å²) in [5.41, 5.74) is -0.00233. The molecule has 0 fully saturated rings. The van der Waals surface area contributed by atoms with Crippen LogP contribution in [0.5, 0.6) is 0 Å². The Morgan fingerprint density at radius 2 is 1.93 bits per heavy atom. The van der Waals surface area contributed by atoms with Crippen LogP contribution in [0.3, 0.4) is 0 Å². The molecule has 0 radical (unpaired) electrons. The van der Waals surface area contributed by atoms with E-state index in [1.54, 1.807) is 31.4 Å². The van der Waals surface area contributed by atoms with Crippen LogP contribution in [-0.2, 0) is 6.18 Å². The topological polar surface area (TPSA) is 79.8 Å². The molecule has 0 saturated carbocycles. The van der Waals surface area contributed by atoms with Crippen molar-refractivity contribution in [2.75, 3.05) is 17.7 Å². The average Bonchev–Trinajstić information content (AvgIpc) is 3.34. The van der Waals surface area contributed by atoms with Gasteiger partial charge in [0.15, 0.2) is 5.13 Å². The van der Waals surface area contributed by atoms with Crippen LogP contribution >= 0.6 is 34.3 Å². The molecule has 1 aromatic carbocycles. The summed E-state index contributed by atoms with van der Waals surface area (Å²) >= 11 is 8.09.